The number of H-pyrrole nitrogens is 1. The summed E-state index contributed by atoms with van der Waals surface area (Å²) >= 11 is 0. The summed E-state index contributed by atoms with van der Waals surface area (Å²) in [6.07, 6.45) is 2.06. The number of benzene rings is 2. The number of para-hydroxylation sites is 2. The Hall–Kier alpha value is -4.06. The lowest BCUT2D eigenvalue weighted by molar-refractivity contribution is 0.607. The molecule has 10 nitrogen and oxygen atoms in total. The van der Waals surface area contributed by atoms with Gasteiger partial charge in [0.15, 0.2) is 17.5 Å². The summed E-state index contributed by atoms with van der Waals surface area (Å²) in [5.74, 6) is 0.650. The van der Waals surface area contributed by atoms with E-state index in [-0.39, 0.29) is 17.5 Å². The molecule has 0 amide bonds. The van der Waals surface area contributed by atoms with Gasteiger partial charge in [0, 0.05) is 11.3 Å². The van der Waals surface area contributed by atoms with Crippen LogP contribution in [0.5, 0.6) is 0 Å². The Morgan fingerprint density at radius 3 is 2.34 bits per heavy atom. The van der Waals surface area contributed by atoms with Crippen LogP contribution in [0.2, 0.25) is 0 Å². The lowest BCUT2D eigenvalue weighted by Crippen LogP contribution is -2.11. The number of anilines is 5. The molecule has 4 aromatic rings. The van der Waals surface area contributed by atoms with Gasteiger partial charge in [-0.25, -0.2) is 22.8 Å². The van der Waals surface area contributed by atoms with Crippen molar-refractivity contribution in [3.05, 3.63) is 66.4 Å². The van der Waals surface area contributed by atoms with Crippen LogP contribution in [0.25, 0.3) is 11.4 Å². The minimum atomic E-state index is -3.51. The fourth-order valence-corrected chi connectivity index (χ4v) is 3.40. The van der Waals surface area contributed by atoms with Gasteiger partial charge < -0.3 is 10.6 Å². The van der Waals surface area contributed by atoms with E-state index in [1.165, 1.54) is 0 Å². The molecule has 0 fully saturated rings. The van der Waals surface area contributed by atoms with E-state index in [0.29, 0.717) is 17.2 Å². The van der Waals surface area contributed by atoms with Crippen LogP contribution in [-0.2, 0) is 10.0 Å². The molecule has 2 aromatic carbocycles. The summed E-state index contributed by atoms with van der Waals surface area (Å²) in [6, 6.07) is 13.8. The van der Waals surface area contributed by atoms with E-state index in [9.17, 15) is 12.8 Å². The van der Waals surface area contributed by atoms with Crippen molar-refractivity contribution in [2.75, 3.05) is 21.6 Å². The van der Waals surface area contributed by atoms with Gasteiger partial charge in [-0.05, 0) is 43.3 Å². The van der Waals surface area contributed by atoms with E-state index >= 15 is 0 Å². The molecule has 0 aliphatic rings. The quantitative estimate of drug-likeness (QED) is 0.333. The molecule has 0 aliphatic carbocycles. The summed E-state index contributed by atoms with van der Waals surface area (Å²) in [6.45, 7) is 1.82. The number of aromatic amines is 1. The Labute approximate surface area is 183 Å². The lowest BCUT2D eigenvalue weighted by atomic mass is 10.2. The third-order valence-corrected chi connectivity index (χ3v) is 4.81. The molecule has 4 rings (SSSR count). The highest BCUT2D eigenvalue weighted by Gasteiger charge is 2.12. The van der Waals surface area contributed by atoms with Gasteiger partial charge >= 0.3 is 0 Å². The summed E-state index contributed by atoms with van der Waals surface area (Å²) in [7, 11) is -3.51. The average molecular weight is 454 g/mol. The van der Waals surface area contributed by atoms with Gasteiger partial charge in [-0.1, -0.05) is 12.1 Å². The molecule has 0 aliphatic heterocycles. The molecule has 0 bridgehead atoms. The van der Waals surface area contributed by atoms with E-state index in [1.54, 1.807) is 36.4 Å². The second-order valence-corrected chi connectivity index (χ2v) is 8.63. The Balaban J connectivity index is 1.54. The van der Waals surface area contributed by atoms with Gasteiger partial charge in [-0.15, -0.1) is 0 Å². The third kappa shape index (κ3) is 5.16. The first-order chi connectivity index (χ1) is 15.3. The Kier molecular flexibility index (Phi) is 5.69. The number of aromatic nitrogens is 5. The highest BCUT2D eigenvalue weighted by Crippen LogP contribution is 2.27. The molecule has 164 valence electrons. The van der Waals surface area contributed by atoms with E-state index in [0.717, 1.165) is 23.8 Å². The second kappa shape index (κ2) is 8.59. The number of aryl methyl sites for hydroxylation is 1. The Morgan fingerprint density at radius 1 is 0.969 bits per heavy atom. The van der Waals surface area contributed by atoms with Crippen molar-refractivity contribution in [3.63, 3.8) is 0 Å². The largest absolute Gasteiger partial charge is 0.336 e. The van der Waals surface area contributed by atoms with Crippen LogP contribution in [0.15, 0.2) is 54.7 Å². The predicted molar refractivity (Wildman–Crippen MR) is 120 cm³/mol. The minimum Gasteiger partial charge on any atom is -0.336 e. The average Bonchev–Trinajstić information content (AvgIpc) is 3.18. The molecule has 0 saturated carbocycles. The zero-order valence-corrected chi connectivity index (χ0v) is 17.9. The second-order valence-electron chi connectivity index (χ2n) is 6.88. The van der Waals surface area contributed by atoms with Gasteiger partial charge in [0.2, 0.25) is 16.0 Å². The van der Waals surface area contributed by atoms with Crippen molar-refractivity contribution in [1.82, 2.24) is 25.1 Å². The summed E-state index contributed by atoms with van der Waals surface area (Å²) in [4.78, 5) is 12.4. The van der Waals surface area contributed by atoms with E-state index < -0.39 is 15.8 Å². The highest BCUT2D eigenvalue weighted by atomic mass is 32.2. The Bertz CT molecular complexity index is 1360. The number of halogens is 1. The topological polar surface area (TPSA) is 138 Å². The molecular formula is C20H19FN8O2S. The van der Waals surface area contributed by atoms with Crippen molar-refractivity contribution >= 4 is 38.9 Å². The van der Waals surface area contributed by atoms with Crippen LogP contribution in [0.4, 0.5) is 33.2 Å². The van der Waals surface area contributed by atoms with Gasteiger partial charge in [0.1, 0.15) is 5.82 Å². The van der Waals surface area contributed by atoms with E-state index in [1.807, 2.05) is 19.1 Å². The van der Waals surface area contributed by atoms with Crippen LogP contribution < -0.4 is 15.4 Å². The van der Waals surface area contributed by atoms with Crippen LogP contribution in [0.1, 0.15) is 5.82 Å². The number of nitrogens with zero attached hydrogens (tertiary/aromatic N) is 4. The first-order valence-corrected chi connectivity index (χ1v) is 11.3. The van der Waals surface area contributed by atoms with Crippen molar-refractivity contribution in [2.45, 2.75) is 6.92 Å². The van der Waals surface area contributed by atoms with Crippen LogP contribution in [0.3, 0.4) is 0 Å². The van der Waals surface area contributed by atoms with Gasteiger partial charge in [-0.2, -0.15) is 10.1 Å². The number of hydrogen-bond donors (Lipinski definition) is 4. The number of sulfonamides is 1. The SMILES string of the molecule is Cc1nc(-c2ccc(Nc3ncc(F)c(Nc4ccccc4NS(C)(=O)=O)n3)cc2)n[nH]1. The minimum absolute atomic E-state index is 0.113. The predicted octanol–water partition coefficient (Wildman–Crippen LogP) is 3.57. The first kappa shape index (κ1) is 21.2. The molecule has 0 atom stereocenters. The van der Waals surface area contributed by atoms with E-state index in [4.69, 9.17) is 0 Å². The smallest absolute Gasteiger partial charge is 0.229 e. The Morgan fingerprint density at radius 2 is 1.69 bits per heavy atom. The molecule has 12 heteroatoms. The summed E-state index contributed by atoms with van der Waals surface area (Å²) < 4.78 is 39.9. The summed E-state index contributed by atoms with van der Waals surface area (Å²) in [5, 5.41) is 12.7. The standard InChI is InChI=1S/C20H19FN8O2S/c1-12-23-18(28-27-12)13-7-9-14(10-8-13)24-20-22-11-15(21)19(26-20)25-16-5-3-4-6-17(16)29-32(2,30)31/h3-11,29H,1-2H3,(H,23,27,28)(H2,22,24,25,26). The highest BCUT2D eigenvalue weighted by molar-refractivity contribution is 7.92. The van der Waals surface area contributed by atoms with Crippen molar-refractivity contribution in [3.8, 4) is 11.4 Å². The molecule has 0 radical (unpaired) electrons. The molecule has 0 saturated heterocycles. The maximum atomic E-state index is 14.3. The molecule has 0 spiro atoms. The summed E-state index contributed by atoms with van der Waals surface area (Å²) in [5.41, 5.74) is 2.11. The number of nitrogens with one attached hydrogen (secondary N) is 4. The third-order valence-electron chi connectivity index (χ3n) is 4.22. The molecule has 2 heterocycles. The monoisotopic (exact) mass is 454 g/mol. The lowest BCUT2D eigenvalue weighted by Gasteiger charge is -2.13. The number of rotatable bonds is 7. The normalized spacial score (nSPS) is 11.2. The van der Waals surface area contributed by atoms with Gasteiger partial charge in [0.25, 0.3) is 0 Å². The van der Waals surface area contributed by atoms with E-state index in [2.05, 4.69) is 40.5 Å². The molecule has 4 N–H and O–H groups in total. The first-order valence-electron chi connectivity index (χ1n) is 9.40. The maximum absolute atomic E-state index is 14.3. The maximum Gasteiger partial charge on any atom is 0.229 e. The molecular weight excluding hydrogens is 435 g/mol. The number of hydrogen-bond acceptors (Lipinski definition) is 8. The zero-order valence-electron chi connectivity index (χ0n) is 17.1. The van der Waals surface area contributed by atoms with Crippen LogP contribution in [0, 0.1) is 12.7 Å². The van der Waals surface area contributed by atoms with Crippen molar-refractivity contribution < 1.29 is 12.8 Å². The van der Waals surface area contributed by atoms with Crippen LogP contribution in [-0.4, -0.2) is 39.8 Å². The van der Waals surface area contributed by atoms with Gasteiger partial charge in [0.05, 0.1) is 23.8 Å². The fourth-order valence-electron chi connectivity index (χ4n) is 2.83. The van der Waals surface area contributed by atoms with Crippen molar-refractivity contribution in [2.24, 2.45) is 0 Å². The molecule has 32 heavy (non-hydrogen) atoms. The molecule has 0 unspecified atom stereocenters. The fraction of sp³-hybridized carbons (Fsp3) is 0.100. The van der Waals surface area contributed by atoms with Crippen LogP contribution >= 0.6 is 0 Å². The van der Waals surface area contributed by atoms with Gasteiger partial charge in [-0.3, -0.25) is 9.82 Å². The van der Waals surface area contributed by atoms with Crippen molar-refractivity contribution in [1.29, 1.82) is 0 Å². The molecule has 2 aromatic heterocycles. The zero-order chi connectivity index (χ0) is 22.7.